The van der Waals surface area contributed by atoms with Crippen LogP contribution in [-0.4, -0.2) is 151 Å². The highest BCUT2D eigenvalue weighted by Gasteiger charge is 2.48. The minimum Gasteiger partial charge on any atom is -0.458 e. The number of aromatic nitrogens is 8. The molecule has 0 saturated heterocycles. The highest BCUT2D eigenvalue weighted by Crippen LogP contribution is 2.46. The number of halogens is 2. The van der Waals surface area contributed by atoms with E-state index in [0.29, 0.717) is 0 Å². The van der Waals surface area contributed by atoms with E-state index in [1.165, 1.54) is 21.8 Å². The molecule has 2 saturated carbocycles. The maximum absolute atomic E-state index is 12.2. The number of nitrogens with two attached hydrogens (primary N) is 2. The number of anilines is 2. The van der Waals surface area contributed by atoms with Crippen LogP contribution in [0.15, 0.2) is 12.7 Å². The second kappa shape index (κ2) is 19.2. The van der Waals surface area contributed by atoms with Crippen LogP contribution in [0.5, 0.6) is 0 Å². The molecule has 0 radical (unpaired) electrons. The smallest absolute Gasteiger partial charge is 0.365 e. The van der Waals surface area contributed by atoms with Gasteiger partial charge in [0.15, 0.2) is 22.9 Å². The topological polar surface area (TPSA) is 406 Å². The molecule has 6 rings (SSSR count). The van der Waals surface area contributed by atoms with E-state index in [4.69, 9.17) is 53.6 Å². The second-order valence-corrected chi connectivity index (χ2v) is 21.1. The van der Waals surface area contributed by atoms with Gasteiger partial charge in [0, 0.05) is 11.8 Å². The van der Waals surface area contributed by atoms with Gasteiger partial charge in [-0.05, 0) is 77.6 Å². The Kier molecular flexibility index (Phi) is 15.4. The van der Waals surface area contributed by atoms with E-state index in [9.17, 15) is 58.7 Å². The number of aliphatic hydroxyl groups is 4. The number of carbonyl (C=O) groups is 2. The van der Waals surface area contributed by atoms with E-state index in [2.05, 4.69) is 29.9 Å². The lowest BCUT2D eigenvalue weighted by Crippen LogP contribution is -2.36. The number of fused-ring (bicyclic) bond motifs is 2. The molecule has 2 aliphatic rings. The molecule has 4 heterocycles. The van der Waals surface area contributed by atoms with Crippen LogP contribution in [0.25, 0.3) is 22.3 Å². The summed E-state index contributed by atoms with van der Waals surface area (Å²) in [7, 11) is -10.0. The fourth-order valence-corrected chi connectivity index (χ4v) is 8.68. The van der Waals surface area contributed by atoms with Gasteiger partial charge < -0.3 is 79.5 Å². The van der Waals surface area contributed by atoms with Crippen molar-refractivity contribution in [3.05, 3.63) is 23.2 Å². The highest BCUT2D eigenvalue weighted by molar-refractivity contribution is 7.53. The molecule has 4 aromatic heterocycles. The number of carbonyl (C=O) groups excluding carboxylic acids is 2. The third-order valence-corrected chi connectivity index (χ3v) is 12.1. The van der Waals surface area contributed by atoms with Crippen molar-refractivity contribution in [1.29, 1.82) is 0 Å². The number of ether oxygens (including phenoxy) is 4. The largest absolute Gasteiger partial charge is 0.458 e. The van der Waals surface area contributed by atoms with Crippen LogP contribution in [-0.2, 0) is 37.7 Å². The Labute approximate surface area is 373 Å². The Balaban J connectivity index is 0.000000241. The highest BCUT2D eigenvalue weighted by atomic mass is 35.5. The molecule has 2 fully saturated rings. The summed E-state index contributed by atoms with van der Waals surface area (Å²) in [6.07, 6.45) is -2.22. The summed E-state index contributed by atoms with van der Waals surface area (Å²) in [4.78, 5) is 86.6. The predicted octanol–water partition coefficient (Wildman–Crippen LogP) is 0.414. The third kappa shape index (κ3) is 12.0. The molecular formula is C34H50Cl2N10O16P2. The van der Waals surface area contributed by atoms with Crippen molar-refractivity contribution in [2.24, 2.45) is 11.8 Å². The van der Waals surface area contributed by atoms with Crippen molar-refractivity contribution in [3.63, 3.8) is 0 Å². The molecule has 10 atom stereocenters. The summed E-state index contributed by atoms with van der Waals surface area (Å²) >= 11 is 11.7. The number of rotatable bonds is 12. The molecule has 4 aromatic rings. The first-order chi connectivity index (χ1) is 29.4. The third-order valence-electron chi connectivity index (χ3n) is 9.86. The first-order valence-corrected chi connectivity index (χ1v) is 23.3. The fourth-order valence-electron chi connectivity index (χ4n) is 7.13. The Bertz CT molecular complexity index is 2270. The summed E-state index contributed by atoms with van der Waals surface area (Å²) in [5, 5.41) is 41.9. The van der Waals surface area contributed by atoms with Crippen LogP contribution in [0, 0.1) is 11.8 Å². The molecule has 0 amide bonds. The molecule has 0 bridgehead atoms. The van der Waals surface area contributed by atoms with Crippen molar-refractivity contribution in [2.75, 3.05) is 24.7 Å². The number of aliphatic hydroxyl groups excluding tert-OH is 4. The first-order valence-electron chi connectivity index (χ1n) is 19.2. The minimum absolute atomic E-state index is 0.0496. The number of esters is 2. The van der Waals surface area contributed by atoms with Crippen molar-refractivity contribution in [2.45, 2.75) is 114 Å². The van der Waals surface area contributed by atoms with Gasteiger partial charge in [-0.3, -0.25) is 9.13 Å². The lowest BCUT2D eigenvalue weighted by Gasteiger charge is -2.25. The Morgan fingerprint density at radius 1 is 0.672 bits per heavy atom. The average molecular weight is 988 g/mol. The zero-order chi connectivity index (χ0) is 48.0. The molecule has 64 heavy (non-hydrogen) atoms. The number of imidazole rings is 2. The number of hydrogen-bond donors (Lipinski definition) is 10. The van der Waals surface area contributed by atoms with E-state index in [-0.39, 0.29) is 57.4 Å². The van der Waals surface area contributed by atoms with Crippen molar-refractivity contribution in [3.8, 4) is 0 Å². The Morgan fingerprint density at radius 2 is 1.00 bits per heavy atom. The van der Waals surface area contributed by atoms with E-state index in [0.717, 1.165) is 0 Å². The first kappa shape index (κ1) is 51.3. The molecule has 0 spiro atoms. The van der Waals surface area contributed by atoms with Crippen LogP contribution in [0.4, 0.5) is 11.6 Å². The van der Waals surface area contributed by atoms with Gasteiger partial charge in [0.1, 0.15) is 34.4 Å². The summed E-state index contributed by atoms with van der Waals surface area (Å²) in [5.74, 6) is -8.20. The van der Waals surface area contributed by atoms with E-state index in [1.54, 1.807) is 41.5 Å². The lowest BCUT2D eigenvalue weighted by atomic mass is 10.1. The van der Waals surface area contributed by atoms with Crippen molar-refractivity contribution < 1.29 is 77.7 Å². The zero-order valence-corrected chi connectivity index (χ0v) is 38.3. The van der Waals surface area contributed by atoms with Crippen LogP contribution in [0.2, 0.25) is 10.6 Å². The van der Waals surface area contributed by atoms with Gasteiger partial charge in [-0.1, -0.05) is 0 Å². The molecule has 0 aliphatic heterocycles. The van der Waals surface area contributed by atoms with Gasteiger partial charge in [0.2, 0.25) is 10.6 Å². The quantitative estimate of drug-likeness (QED) is 0.0522. The monoisotopic (exact) mass is 986 g/mol. The van der Waals surface area contributed by atoms with Gasteiger partial charge >= 0.3 is 27.1 Å². The van der Waals surface area contributed by atoms with Gasteiger partial charge in [0.25, 0.3) is 11.7 Å². The van der Waals surface area contributed by atoms with E-state index >= 15 is 0 Å². The molecular weight excluding hydrogens is 937 g/mol. The number of nitrogens with zero attached hydrogens (tertiary/aromatic N) is 8. The second-order valence-electron chi connectivity index (χ2n) is 17.1. The molecule has 2 unspecified atom stereocenters. The molecule has 356 valence electrons. The standard InChI is InChI=1S/2C17H25ClN5O8P/c2*1-17(2,3)31-14(26)15(32(27,28)29)30-5-7-4-8(11(25)10(7)24)23-6-20-9-12(19)21-16(18)22-13(9)23/h2*6-8,10-11,15,24-25H,4-5H2,1-3H3,(H2,19,21,22)(H2,27,28,29)/t2*7-,8-,10-,11+,15?/m11/s1. The summed E-state index contributed by atoms with van der Waals surface area (Å²) in [5.41, 5.74) is 10.6. The minimum atomic E-state index is -5.02. The summed E-state index contributed by atoms with van der Waals surface area (Å²) in [6.45, 7) is 8.41. The SMILES string of the molecule is CC(C)(C)OC(=O)C(OC[C@H]1C[C@@H](n2cnc3c(N)nc(Cl)nc32)[C@H](O)[C@@H]1O)P(=O)(O)O.CC(C)(C)OC(=O)C(OC[C@H]1C[C@@H](n2cnc3c(N)nc(Cl)nc32)[C@H](O)[C@@H]1O)P(=O)(O)O. The summed E-state index contributed by atoms with van der Waals surface area (Å²) < 4.78 is 47.0. The molecule has 26 nitrogen and oxygen atoms in total. The van der Waals surface area contributed by atoms with Crippen molar-refractivity contribution >= 4 is 84.3 Å². The van der Waals surface area contributed by atoms with E-state index < -0.39 is 112 Å². The molecule has 30 heteroatoms. The van der Waals surface area contributed by atoms with Crippen molar-refractivity contribution in [1.82, 2.24) is 39.0 Å². The summed E-state index contributed by atoms with van der Waals surface area (Å²) in [6, 6.07) is -1.44. The molecule has 0 aromatic carbocycles. The number of hydrogen-bond acceptors (Lipinski definition) is 20. The lowest BCUT2D eigenvalue weighted by molar-refractivity contribution is -0.166. The Hall–Kier alpha value is -3.72. The van der Waals surface area contributed by atoms with Gasteiger partial charge in [0.05, 0.1) is 50.2 Å². The maximum atomic E-state index is 12.2. The normalized spacial score (nSPS) is 25.2. The Morgan fingerprint density at radius 3 is 1.30 bits per heavy atom. The zero-order valence-electron chi connectivity index (χ0n) is 35.0. The van der Waals surface area contributed by atoms with Gasteiger partial charge in [-0.2, -0.15) is 19.9 Å². The average Bonchev–Trinajstić information content (AvgIpc) is 3.88. The molecule has 12 N–H and O–H groups in total. The fraction of sp³-hybridized carbons (Fsp3) is 0.647. The van der Waals surface area contributed by atoms with Crippen LogP contribution >= 0.6 is 38.4 Å². The predicted molar refractivity (Wildman–Crippen MR) is 223 cm³/mol. The van der Waals surface area contributed by atoms with Crippen LogP contribution < -0.4 is 11.5 Å². The van der Waals surface area contributed by atoms with Gasteiger partial charge in [-0.25, -0.2) is 19.6 Å². The maximum Gasteiger partial charge on any atom is 0.365 e. The van der Waals surface area contributed by atoms with Crippen LogP contribution in [0.3, 0.4) is 0 Å². The molecule has 2 aliphatic carbocycles. The van der Waals surface area contributed by atoms with E-state index in [1.807, 2.05) is 0 Å². The van der Waals surface area contributed by atoms with Crippen LogP contribution in [0.1, 0.15) is 66.5 Å². The van der Waals surface area contributed by atoms with Gasteiger partial charge in [-0.15, -0.1) is 0 Å². The number of nitrogen functional groups attached to an aromatic ring is 2.